The van der Waals surface area contributed by atoms with Crippen molar-refractivity contribution in [3.63, 3.8) is 0 Å². The van der Waals surface area contributed by atoms with E-state index in [0.29, 0.717) is 5.03 Å². The Hall–Kier alpha value is -1.46. The molecule has 2 nitrogen and oxygen atoms in total. The number of pyridine rings is 1. The van der Waals surface area contributed by atoms with Crippen molar-refractivity contribution in [1.29, 1.82) is 0 Å². The van der Waals surface area contributed by atoms with Gasteiger partial charge in [0.1, 0.15) is 16.7 Å². The van der Waals surface area contributed by atoms with Crippen molar-refractivity contribution in [1.82, 2.24) is 10.3 Å². The Morgan fingerprint density at radius 2 is 2.05 bits per heavy atom. The van der Waals surface area contributed by atoms with Gasteiger partial charge in [0.15, 0.2) is 0 Å². The molecule has 0 saturated carbocycles. The predicted molar refractivity (Wildman–Crippen MR) is 72.2 cm³/mol. The van der Waals surface area contributed by atoms with E-state index in [2.05, 4.69) is 10.3 Å². The number of nitrogens with zero attached hydrogens (tertiary/aromatic N) is 1. The summed E-state index contributed by atoms with van der Waals surface area (Å²) in [6.45, 7) is 1.99. The van der Waals surface area contributed by atoms with Crippen molar-refractivity contribution in [3.8, 4) is 0 Å². The highest BCUT2D eigenvalue weighted by Gasteiger charge is 2.13. The number of benzene rings is 1. The van der Waals surface area contributed by atoms with Crippen LogP contribution in [0.1, 0.15) is 18.5 Å². The summed E-state index contributed by atoms with van der Waals surface area (Å²) in [5, 5.41) is 3.79. The van der Waals surface area contributed by atoms with Crippen LogP contribution in [0.3, 0.4) is 0 Å². The van der Waals surface area contributed by atoms with Crippen LogP contribution >= 0.6 is 11.8 Å². The zero-order valence-electron chi connectivity index (χ0n) is 10.7. The highest BCUT2D eigenvalue weighted by molar-refractivity contribution is 7.99. The Kier molecular flexibility index (Phi) is 4.50. The number of hydrogen-bond donors (Lipinski definition) is 1. The molecule has 0 radical (unpaired) electrons. The largest absolute Gasteiger partial charge is 0.313 e. The third kappa shape index (κ3) is 3.30. The molecule has 2 aromatic rings. The molecule has 5 heteroatoms. The van der Waals surface area contributed by atoms with Crippen molar-refractivity contribution < 1.29 is 8.78 Å². The van der Waals surface area contributed by atoms with Crippen LogP contribution in [-0.2, 0) is 0 Å². The van der Waals surface area contributed by atoms with Crippen LogP contribution in [0.2, 0.25) is 0 Å². The van der Waals surface area contributed by atoms with Gasteiger partial charge in [-0.3, -0.25) is 0 Å². The molecule has 1 N–H and O–H groups in total. The van der Waals surface area contributed by atoms with Gasteiger partial charge in [0.2, 0.25) is 0 Å². The third-order valence-corrected chi connectivity index (χ3v) is 3.87. The van der Waals surface area contributed by atoms with Gasteiger partial charge in [0.05, 0.1) is 4.90 Å². The minimum Gasteiger partial charge on any atom is -0.313 e. The molecule has 100 valence electrons. The Morgan fingerprint density at radius 1 is 1.26 bits per heavy atom. The van der Waals surface area contributed by atoms with E-state index in [4.69, 9.17) is 0 Å². The first-order valence-corrected chi connectivity index (χ1v) is 6.68. The average Bonchev–Trinajstić information content (AvgIpc) is 2.42. The molecule has 1 heterocycles. The molecule has 19 heavy (non-hydrogen) atoms. The number of hydrogen-bond acceptors (Lipinski definition) is 3. The van der Waals surface area contributed by atoms with Crippen molar-refractivity contribution in [2.24, 2.45) is 0 Å². The molecule has 0 aliphatic rings. The molecule has 0 fully saturated rings. The minimum absolute atomic E-state index is 0.0906. The molecule has 0 amide bonds. The number of halogens is 2. The Balaban J connectivity index is 2.35. The molecule has 0 spiro atoms. The molecule has 1 aromatic heterocycles. The third-order valence-electron chi connectivity index (χ3n) is 2.80. The molecule has 1 aromatic carbocycles. The summed E-state index contributed by atoms with van der Waals surface area (Å²) in [6, 6.07) is 7.26. The maximum Gasteiger partial charge on any atom is 0.137 e. The predicted octanol–water partition coefficient (Wildman–Crippen LogP) is 3.79. The SMILES string of the molecule is CNC(C)c1cccnc1Sc1cc(F)ccc1F. The fourth-order valence-corrected chi connectivity index (χ4v) is 2.65. The lowest BCUT2D eigenvalue weighted by atomic mass is 10.1. The Bertz CT molecular complexity index is 575. The maximum absolute atomic E-state index is 13.6. The van der Waals surface area contributed by atoms with Gasteiger partial charge in [-0.2, -0.15) is 0 Å². The number of rotatable bonds is 4. The van der Waals surface area contributed by atoms with Crippen molar-refractivity contribution in [3.05, 3.63) is 53.7 Å². The van der Waals surface area contributed by atoms with Gasteiger partial charge in [-0.15, -0.1) is 0 Å². The van der Waals surface area contributed by atoms with Crippen LogP contribution in [0.5, 0.6) is 0 Å². The van der Waals surface area contributed by atoms with E-state index in [9.17, 15) is 8.78 Å². The lowest BCUT2D eigenvalue weighted by Crippen LogP contribution is -2.13. The lowest BCUT2D eigenvalue weighted by Gasteiger charge is -2.14. The molecule has 0 aliphatic heterocycles. The van der Waals surface area contributed by atoms with Crippen molar-refractivity contribution in [2.45, 2.75) is 22.9 Å². The molecular weight excluding hydrogens is 266 g/mol. The topological polar surface area (TPSA) is 24.9 Å². The Labute approximate surface area is 115 Å². The van der Waals surface area contributed by atoms with Gasteiger partial charge in [-0.1, -0.05) is 17.8 Å². The zero-order valence-corrected chi connectivity index (χ0v) is 11.5. The monoisotopic (exact) mass is 280 g/mol. The zero-order chi connectivity index (χ0) is 13.8. The smallest absolute Gasteiger partial charge is 0.137 e. The highest BCUT2D eigenvalue weighted by atomic mass is 32.2. The van der Waals surface area contributed by atoms with Gasteiger partial charge in [0, 0.05) is 17.8 Å². The fraction of sp³-hybridized carbons (Fsp3) is 0.214. The first-order chi connectivity index (χ1) is 9.11. The summed E-state index contributed by atoms with van der Waals surface area (Å²) in [4.78, 5) is 4.49. The number of nitrogens with one attached hydrogen (secondary N) is 1. The second-order valence-corrected chi connectivity index (χ2v) is 5.12. The number of aromatic nitrogens is 1. The van der Waals surface area contributed by atoms with E-state index in [-0.39, 0.29) is 10.9 Å². The van der Waals surface area contributed by atoms with Crippen molar-refractivity contribution >= 4 is 11.8 Å². The van der Waals surface area contributed by atoms with E-state index in [1.165, 1.54) is 6.07 Å². The first kappa shape index (κ1) is 14.0. The average molecular weight is 280 g/mol. The van der Waals surface area contributed by atoms with Crippen molar-refractivity contribution in [2.75, 3.05) is 7.05 Å². The van der Waals surface area contributed by atoms with Gasteiger partial charge in [-0.25, -0.2) is 13.8 Å². The van der Waals surface area contributed by atoms with Gasteiger partial charge >= 0.3 is 0 Å². The molecule has 1 unspecified atom stereocenters. The summed E-state index contributed by atoms with van der Waals surface area (Å²) < 4.78 is 26.8. The first-order valence-electron chi connectivity index (χ1n) is 5.87. The quantitative estimate of drug-likeness (QED) is 0.922. The normalized spacial score (nSPS) is 12.4. The summed E-state index contributed by atoms with van der Waals surface area (Å²) in [6.07, 6.45) is 1.64. The maximum atomic E-state index is 13.6. The summed E-state index contributed by atoms with van der Waals surface area (Å²) >= 11 is 1.13. The highest BCUT2D eigenvalue weighted by Crippen LogP contribution is 2.33. The van der Waals surface area contributed by atoms with E-state index in [1.807, 2.05) is 26.1 Å². The van der Waals surface area contributed by atoms with Crippen LogP contribution in [-0.4, -0.2) is 12.0 Å². The van der Waals surface area contributed by atoms with Crippen LogP contribution in [0.15, 0.2) is 46.5 Å². The van der Waals surface area contributed by atoms with E-state index >= 15 is 0 Å². The van der Waals surface area contributed by atoms with Crippen LogP contribution in [0.4, 0.5) is 8.78 Å². The molecule has 0 saturated heterocycles. The van der Waals surface area contributed by atoms with Gasteiger partial charge in [0.25, 0.3) is 0 Å². The standard InChI is InChI=1S/C14H14F2N2S/c1-9(17-2)11-4-3-7-18-14(11)19-13-8-10(15)5-6-12(13)16/h3-9,17H,1-2H3. The molecular formula is C14H14F2N2S. The van der Waals surface area contributed by atoms with Gasteiger partial charge in [-0.05, 0) is 38.2 Å². The molecule has 1 atom stereocenters. The second-order valence-electron chi connectivity index (χ2n) is 4.08. The van der Waals surface area contributed by atoms with Crippen LogP contribution in [0.25, 0.3) is 0 Å². The van der Waals surface area contributed by atoms with E-state index < -0.39 is 11.6 Å². The fourth-order valence-electron chi connectivity index (χ4n) is 1.63. The summed E-state index contributed by atoms with van der Waals surface area (Å²) in [5.41, 5.74) is 0.957. The van der Waals surface area contributed by atoms with E-state index in [0.717, 1.165) is 29.5 Å². The molecule has 2 rings (SSSR count). The van der Waals surface area contributed by atoms with E-state index in [1.54, 1.807) is 6.20 Å². The molecule has 0 aliphatic carbocycles. The van der Waals surface area contributed by atoms with Crippen LogP contribution in [0, 0.1) is 11.6 Å². The minimum atomic E-state index is -0.456. The van der Waals surface area contributed by atoms with Crippen LogP contribution < -0.4 is 5.32 Å². The van der Waals surface area contributed by atoms with Gasteiger partial charge < -0.3 is 5.32 Å². The lowest BCUT2D eigenvalue weighted by molar-refractivity contribution is 0.576. The molecule has 0 bridgehead atoms. The summed E-state index contributed by atoms with van der Waals surface area (Å²) in [7, 11) is 1.84. The summed E-state index contributed by atoms with van der Waals surface area (Å²) in [5.74, 6) is -0.900. The second kappa shape index (κ2) is 6.12. The Morgan fingerprint density at radius 3 is 2.79 bits per heavy atom.